The number of hydrogen-bond acceptors (Lipinski definition) is 3. The number of carbonyl (C=O) groups is 1. The maximum atomic E-state index is 14.1. The van der Waals surface area contributed by atoms with Gasteiger partial charge in [-0.3, -0.25) is 9.69 Å². The second-order valence-electron chi connectivity index (χ2n) is 8.45. The Kier molecular flexibility index (Phi) is 5.05. The summed E-state index contributed by atoms with van der Waals surface area (Å²) in [5.41, 5.74) is 5.51. The van der Waals surface area contributed by atoms with Crippen LogP contribution in [0.3, 0.4) is 0 Å². The van der Waals surface area contributed by atoms with Gasteiger partial charge in [-0.05, 0) is 68.2 Å². The lowest BCUT2D eigenvalue weighted by Gasteiger charge is -2.31. The van der Waals surface area contributed by atoms with Crippen molar-refractivity contribution < 1.29 is 9.18 Å². The number of nitrogens with one attached hydrogen (secondary N) is 3. The van der Waals surface area contributed by atoms with Crippen molar-refractivity contribution in [2.75, 3.05) is 26.7 Å². The molecule has 156 valence electrons. The highest BCUT2D eigenvalue weighted by atomic mass is 19.1. The topological polar surface area (TPSA) is 60.2 Å². The van der Waals surface area contributed by atoms with Crippen molar-refractivity contribution in [1.82, 2.24) is 20.5 Å². The van der Waals surface area contributed by atoms with Gasteiger partial charge < -0.3 is 15.6 Å². The Bertz CT molecular complexity index is 1080. The average molecular weight is 407 g/mol. The van der Waals surface area contributed by atoms with E-state index in [0.717, 1.165) is 48.3 Å². The lowest BCUT2D eigenvalue weighted by Crippen LogP contribution is -2.40. The highest BCUT2D eigenvalue weighted by Crippen LogP contribution is 2.35. The van der Waals surface area contributed by atoms with Gasteiger partial charge in [-0.25, -0.2) is 4.39 Å². The summed E-state index contributed by atoms with van der Waals surface area (Å²) < 4.78 is 14.1. The van der Waals surface area contributed by atoms with Crippen LogP contribution in [0, 0.1) is 5.82 Å². The lowest BCUT2D eigenvalue weighted by molar-refractivity contribution is 0.0957. The van der Waals surface area contributed by atoms with E-state index >= 15 is 0 Å². The second kappa shape index (κ2) is 7.85. The van der Waals surface area contributed by atoms with Gasteiger partial charge in [-0.1, -0.05) is 24.3 Å². The van der Waals surface area contributed by atoms with Crippen LogP contribution in [0.5, 0.6) is 0 Å². The molecule has 2 aliphatic heterocycles. The van der Waals surface area contributed by atoms with Gasteiger partial charge in [0.25, 0.3) is 5.91 Å². The van der Waals surface area contributed by atoms with Crippen LogP contribution >= 0.6 is 0 Å². The van der Waals surface area contributed by atoms with E-state index in [9.17, 15) is 9.18 Å². The standard InChI is InChI=1S/C24H27FN4O/c1-29(18-6-9-26-10-7-18)14-15-2-4-16(5-3-15)23-19-8-11-27-24(30)20-12-17(25)13-21(28-23)22(19)20/h2-5,12-13,18,26,28H,6-11,14H2,1H3,(H,27,30). The maximum Gasteiger partial charge on any atom is 0.252 e. The number of aromatic amines is 1. The summed E-state index contributed by atoms with van der Waals surface area (Å²) in [4.78, 5) is 18.2. The third-order valence-corrected chi connectivity index (χ3v) is 6.48. The number of H-pyrrole nitrogens is 1. The van der Waals surface area contributed by atoms with E-state index in [1.54, 1.807) is 0 Å². The van der Waals surface area contributed by atoms with Crippen molar-refractivity contribution in [2.45, 2.75) is 31.8 Å². The Hall–Kier alpha value is -2.70. The van der Waals surface area contributed by atoms with Crippen LogP contribution < -0.4 is 10.6 Å². The summed E-state index contributed by atoms with van der Waals surface area (Å²) in [7, 11) is 2.20. The van der Waals surface area contributed by atoms with Gasteiger partial charge in [0.2, 0.25) is 0 Å². The Morgan fingerprint density at radius 3 is 2.63 bits per heavy atom. The smallest absolute Gasteiger partial charge is 0.252 e. The van der Waals surface area contributed by atoms with E-state index in [0.29, 0.717) is 23.7 Å². The zero-order chi connectivity index (χ0) is 20.7. The van der Waals surface area contributed by atoms with Crippen molar-refractivity contribution in [2.24, 2.45) is 0 Å². The molecule has 0 unspecified atom stereocenters. The van der Waals surface area contributed by atoms with Gasteiger partial charge in [0, 0.05) is 35.7 Å². The molecule has 1 fully saturated rings. The predicted octanol–water partition coefficient (Wildman–Crippen LogP) is 3.44. The first-order valence-corrected chi connectivity index (χ1v) is 10.7. The van der Waals surface area contributed by atoms with E-state index in [2.05, 4.69) is 51.8 Å². The summed E-state index contributed by atoms with van der Waals surface area (Å²) in [5.74, 6) is -0.606. The van der Waals surface area contributed by atoms with Crippen molar-refractivity contribution in [3.05, 3.63) is 58.9 Å². The molecular weight excluding hydrogens is 379 g/mol. The van der Waals surface area contributed by atoms with Gasteiger partial charge in [0.05, 0.1) is 5.56 Å². The van der Waals surface area contributed by atoms with Crippen molar-refractivity contribution in [1.29, 1.82) is 0 Å². The molecule has 5 rings (SSSR count). The Morgan fingerprint density at radius 1 is 1.10 bits per heavy atom. The van der Waals surface area contributed by atoms with E-state index in [-0.39, 0.29) is 5.91 Å². The third kappa shape index (κ3) is 3.50. The molecule has 2 aliphatic rings. The molecule has 0 atom stereocenters. The molecule has 0 bridgehead atoms. The van der Waals surface area contributed by atoms with Crippen LogP contribution in [0.1, 0.15) is 34.3 Å². The molecule has 6 heteroatoms. The van der Waals surface area contributed by atoms with Crippen LogP contribution in [0.15, 0.2) is 36.4 Å². The van der Waals surface area contributed by atoms with E-state index in [1.165, 1.54) is 30.5 Å². The minimum Gasteiger partial charge on any atom is -0.354 e. The number of piperidine rings is 1. The predicted molar refractivity (Wildman–Crippen MR) is 117 cm³/mol. The molecule has 30 heavy (non-hydrogen) atoms. The first kappa shape index (κ1) is 19.3. The summed E-state index contributed by atoms with van der Waals surface area (Å²) in [6.45, 7) is 3.67. The van der Waals surface area contributed by atoms with E-state index in [4.69, 9.17) is 0 Å². The SMILES string of the molecule is CN(Cc1ccc(-c2[nH]c3cc(F)cc4c3c2CCNC4=O)cc1)C1CCNCC1. The average Bonchev–Trinajstić information content (AvgIpc) is 3.03. The van der Waals surface area contributed by atoms with E-state index in [1.807, 2.05) is 0 Å². The van der Waals surface area contributed by atoms with Crippen LogP contribution in [-0.2, 0) is 13.0 Å². The number of halogens is 1. The molecule has 3 aromatic rings. The highest BCUT2D eigenvalue weighted by molar-refractivity contribution is 6.10. The van der Waals surface area contributed by atoms with Gasteiger partial charge >= 0.3 is 0 Å². The fourth-order valence-corrected chi connectivity index (χ4v) is 4.88. The minimum absolute atomic E-state index is 0.208. The number of nitrogens with zero attached hydrogens (tertiary/aromatic N) is 1. The van der Waals surface area contributed by atoms with Crippen molar-refractivity contribution in [3.8, 4) is 11.3 Å². The molecule has 3 N–H and O–H groups in total. The fourth-order valence-electron chi connectivity index (χ4n) is 4.88. The number of rotatable bonds is 4. The van der Waals surface area contributed by atoms with Crippen LogP contribution in [0.4, 0.5) is 4.39 Å². The molecule has 0 aliphatic carbocycles. The van der Waals surface area contributed by atoms with Crippen LogP contribution in [0.25, 0.3) is 22.2 Å². The molecule has 0 saturated carbocycles. The van der Waals surface area contributed by atoms with Crippen molar-refractivity contribution in [3.63, 3.8) is 0 Å². The number of carbonyl (C=O) groups excluding carboxylic acids is 1. The zero-order valence-electron chi connectivity index (χ0n) is 17.2. The molecule has 1 saturated heterocycles. The van der Waals surface area contributed by atoms with Gasteiger partial charge in [0.1, 0.15) is 5.82 Å². The summed E-state index contributed by atoms with van der Waals surface area (Å²) >= 11 is 0. The summed E-state index contributed by atoms with van der Waals surface area (Å²) in [6, 6.07) is 12.0. The van der Waals surface area contributed by atoms with Crippen molar-refractivity contribution >= 4 is 16.8 Å². The summed E-state index contributed by atoms with van der Waals surface area (Å²) in [5, 5.41) is 7.14. The molecule has 3 heterocycles. The first-order valence-electron chi connectivity index (χ1n) is 10.7. The fraction of sp³-hybridized carbons (Fsp3) is 0.375. The Balaban J connectivity index is 1.45. The van der Waals surface area contributed by atoms with Crippen LogP contribution in [0.2, 0.25) is 0 Å². The lowest BCUT2D eigenvalue weighted by atomic mass is 9.99. The normalized spacial score (nSPS) is 17.4. The van der Waals surface area contributed by atoms with Crippen LogP contribution in [-0.4, -0.2) is 48.5 Å². The molecule has 5 nitrogen and oxygen atoms in total. The quantitative estimate of drug-likeness (QED) is 0.622. The molecule has 0 radical (unpaired) electrons. The first-order chi connectivity index (χ1) is 14.6. The third-order valence-electron chi connectivity index (χ3n) is 6.48. The summed E-state index contributed by atoms with van der Waals surface area (Å²) in [6.07, 6.45) is 3.11. The largest absolute Gasteiger partial charge is 0.354 e. The number of aromatic nitrogens is 1. The van der Waals surface area contributed by atoms with Gasteiger partial charge in [-0.2, -0.15) is 0 Å². The molecule has 1 amide bonds. The van der Waals surface area contributed by atoms with Gasteiger partial charge in [-0.15, -0.1) is 0 Å². The second-order valence-corrected chi connectivity index (χ2v) is 8.45. The number of hydrogen-bond donors (Lipinski definition) is 3. The highest BCUT2D eigenvalue weighted by Gasteiger charge is 2.23. The minimum atomic E-state index is -0.398. The van der Waals surface area contributed by atoms with E-state index < -0.39 is 5.82 Å². The molecule has 0 spiro atoms. The monoisotopic (exact) mass is 406 g/mol. The Labute approximate surface area is 175 Å². The molecule has 2 aromatic carbocycles. The number of amides is 1. The van der Waals surface area contributed by atoms with Gasteiger partial charge in [0.15, 0.2) is 0 Å². The maximum absolute atomic E-state index is 14.1. The molecule has 1 aromatic heterocycles. The Morgan fingerprint density at radius 2 is 1.87 bits per heavy atom. The zero-order valence-corrected chi connectivity index (χ0v) is 17.2. The molecular formula is C24H27FN4O. The number of benzene rings is 2.